The van der Waals surface area contributed by atoms with Gasteiger partial charge >= 0.3 is 6.18 Å². The van der Waals surface area contributed by atoms with Gasteiger partial charge in [0, 0.05) is 0 Å². The summed E-state index contributed by atoms with van der Waals surface area (Å²) in [5, 5.41) is 2.81. The highest BCUT2D eigenvalue weighted by Crippen LogP contribution is 2.39. The first kappa shape index (κ1) is 19.2. The fourth-order valence-electron chi connectivity index (χ4n) is 3.67. The summed E-state index contributed by atoms with van der Waals surface area (Å²) in [7, 11) is 0. The van der Waals surface area contributed by atoms with E-state index < -0.39 is 23.3 Å². The Morgan fingerprint density at radius 1 is 1.19 bits per heavy atom. The Hall–Kier alpha value is -2.57. The molecule has 3 rings (SSSR count). The van der Waals surface area contributed by atoms with Crippen molar-refractivity contribution >= 4 is 5.91 Å². The van der Waals surface area contributed by atoms with Crippen LogP contribution in [0.25, 0.3) is 0 Å². The second-order valence-electron chi connectivity index (χ2n) is 6.95. The van der Waals surface area contributed by atoms with Crippen LogP contribution >= 0.6 is 0 Å². The van der Waals surface area contributed by atoms with Gasteiger partial charge in [0.2, 0.25) is 0 Å². The van der Waals surface area contributed by atoms with Gasteiger partial charge in [-0.15, -0.1) is 0 Å². The van der Waals surface area contributed by atoms with Crippen molar-refractivity contribution in [2.24, 2.45) is 0 Å². The second-order valence-corrected chi connectivity index (χ2v) is 6.95. The van der Waals surface area contributed by atoms with Crippen LogP contribution in [0.2, 0.25) is 0 Å². The summed E-state index contributed by atoms with van der Waals surface area (Å²) in [4.78, 5) is 26.2. The van der Waals surface area contributed by atoms with Gasteiger partial charge in [0.15, 0.2) is 0 Å². The number of fused-ring (bicyclic) bond motifs is 1. The van der Waals surface area contributed by atoms with Crippen molar-refractivity contribution < 1.29 is 18.0 Å². The van der Waals surface area contributed by atoms with E-state index in [9.17, 15) is 22.8 Å². The molecule has 1 aromatic heterocycles. The van der Waals surface area contributed by atoms with Gasteiger partial charge < -0.3 is 10.3 Å². The third-order valence-electron chi connectivity index (χ3n) is 5.12. The molecule has 0 radical (unpaired) electrons. The highest BCUT2D eigenvalue weighted by atomic mass is 19.4. The van der Waals surface area contributed by atoms with Crippen LogP contribution in [0.4, 0.5) is 13.2 Å². The molecule has 0 saturated heterocycles. The SMILES string of the molecule is CCC1CCC(NC(=O)c2ccc(C(F)(F)F)[nH]c2=O)c2ccc(C)cc21. The van der Waals surface area contributed by atoms with Crippen LogP contribution < -0.4 is 10.9 Å². The Morgan fingerprint density at radius 2 is 1.93 bits per heavy atom. The van der Waals surface area contributed by atoms with Gasteiger partial charge in [-0.1, -0.05) is 30.7 Å². The van der Waals surface area contributed by atoms with Crippen LogP contribution in [0, 0.1) is 6.92 Å². The van der Waals surface area contributed by atoms with Gasteiger partial charge in [0.25, 0.3) is 11.5 Å². The zero-order valence-corrected chi connectivity index (χ0v) is 15.1. The van der Waals surface area contributed by atoms with Gasteiger partial charge in [-0.2, -0.15) is 13.2 Å². The molecule has 7 heteroatoms. The molecular formula is C20H21F3N2O2. The minimum Gasteiger partial charge on any atom is -0.345 e. The fourth-order valence-corrected chi connectivity index (χ4v) is 3.67. The van der Waals surface area contributed by atoms with Crippen molar-refractivity contribution in [3.63, 3.8) is 0 Å². The number of aromatic nitrogens is 1. The Morgan fingerprint density at radius 3 is 2.56 bits per heavy atom. The summed E-state index contributed by atoms with van der Waals surface area (Å²) >= 11 is 0. The highest BCUT2D eigenvalue weighted by molar-refractivity contribution is 5.94. The van der Waals surface area contributed by atoms with E-state index in [1.807, 2.05) is 19.1 Å². The lowest BCUT2D eigenvalue weighted by molar-refractivity contribution is -0.141. The van der Waals surface area contributed by atoms with E-state index in [0.29, 0.717) is 12.0 Å². The number of nitrogens with one attached hydrogen (secondary N) is 2. The quantitative estimate of drug-likeness (QED) is 0.828. The fraction of sp³-hybridized carbons (Fsp3) is 0.400. The van der Waals surface area contributed by atoms with E-state index in [-0.39, 0.29) is 11.6 Å². The van der Waals surface area contributed by atoms with Crippen molar-refractivity contribution in [1.29, 1.82) is 0 Å². The average molecular weight is 378 g/mol. The number of hydrogen-bond donors (Lipinski definition) is 2. The molecule has 4 nitrogen and oxygen atoms in total. The van der Waals surface area contributed by atoms with Crippen LogP contribution in [0.15, 0.2) is 35.1 Å². The lowest BCUT2D eigenvalue weighted by Crippen LogP contribution is -2.35. The normalized spacial score (nSPS) is 19.4. The largest absolute Gasteiger partial charge is 0.431 e. The number of carbonyl (C=O) groups is 1. The van der Waals surface area contributed by atoms with E-state index in [2.05, 4.69) is 18.3 Å². The summed E-state index contributed by atoms with van der Waals surface area (Å²) in [5.74, 6) is -0.251. The Bertz CT molecular complexity index is 918. The number of rotatable bonds is 3. The molecule has 0 spiro atoms. The zero-order chi connectivity index (χ0) is 19.8. The van der Waals surface area contributed by atoms with Crippen molar-refractivity contribution in [3.05, 3.63) is 68.6 Å². The molecule has 27 heavy (non-hydrogen) atoms. The second kappa shape index (κ2) is 7.21. The molecule has 1 aromatic carbocycles. The van der Waals surface area contributed by atoms with Gasteiger partial charge in [-0.3, -0.25) is 9.59 Å². The predicted octanol–water partition coefficient (Wildman–Crippen LogP) is 4.46. The number of H-pyrrole nitrogens is 1. The molecule has 0 saturated carbocycles. The first-order chi connectivity index (χ1) is 12.7. The van der Waals surface area contributed by atoms with Crippen LogP contribution in [-0.4, -0.2) is 10.9 Å². The van der Waals surface area contributed by atoms with Gasteiger partial charge in [-0.05, 0) is 55.4 Å². The minimum absolute atomic E-state index is 0.266. The Balaban J connectivity index is 1.86. The Kier molecular flexibility index (Phi) is 5.13. The summed E-state index contributed by atoms with van der Waals surface area (Å²) in [6, 6.07) is 7.44. The molecule has 2 aromatic rings. The monoisotopic (exact) mass is 378 g/mol. The maximum absolute atomic E-state index is 12.7. The zero-order valence-electron chi connectivity index (χ0n) is 15.1. The smallest absolute Gasteiger partial charge is 0.345 e. The standard InChI is InChI=1S/C20H21F3N2O2/c1-3-12-5-8-16(13-6-4-11(2)10-15(12)13)24-18(26)14-7-9-17(20(21,22)23)25-19(14)27/h4,6-7,9-10,12,16H,3,5,8H2,1-2H3,(H,24,26)(H,25,27). The predicted molar refractivity (Wildman–Crippen MR) is 95.7 cm³/mol. The van der Waals surface area contributed by atoms with Crippen LogP contribution in [0.1, 0.15) is 70.9 Å². The van der Waals surface area contributed by atoms with Crippen LogP contribution in [0.5, 0.6) is 0 Å². The lowest BCUT2D eigenvalue weighted by Gasteiger charge is -2.32. The molecule has 0 aliphatic heterocycles. The van der Waals surface area contributed by atoms with Crippen LogP contribution in [-0.2, 0) is 6.18 Å². The van der Waals surface area contributed by atoms with E-state index in [1.54, 1.807) is 4.98 Å². The number of hydrogen-bond acceptors (Lipinski definition) is 2. The van der Waals surface area contributed by atoms with E-state index in [0.717, 1.165) is 36.5 Å². The maximum Gasteiger partial charge on any atom is 0.431 e. The van der Waals surface area contributed by atoms with E-state index >= 15 is 0 Å². The number of alkyl halides is 3. The van der Waals surface area contributed by atoms with Gasteiger partial charge in [0.1, 0.15) is 11.3 Å². The Labute approximate surface area is 154 Å². The molecule has 1 amide bonds. The topological polar surface area (TPSA) is 62.0 Å². The average Bonchev–Trinajstić information content (AvgIpc) is 2.60. The molecule has 2 N–H and O–H groups in total. The molecule has 0 fully saturated rings. The van der Waals surface area contributed by atoms with Crippen molar-refractivity contribution in [3.8, 4) is 0 Å². The number of carbonyl (C=O) groups excluding carboxylic acids is 1. The molecule has 0 bridgehead atoms. The number of pyridine rings is 1. The number of halogens is 3. The summed E-state index contributed by atoms with van der Waals surface area (Å²) in [5.41, 5.74) is 0.792. The molecule has 2 unspecified atom stereocenters. The van der Waals surface area contributed by atoms with Crippen molar-refractivity contribution in [1.82, 2.24) is 10.3 Å². The number of aromatic amines is 1. The lowest BCUT2D eigenvalue weighted by atomic mass is 9.78. The first-order valence-corrected chi connectivity index (χ1v) is 8.92. The summed E-state index contributed by atoms with van der Waals surface area (Å²) in [6.45, 7) is 4.13. The number of amides is 1. The number of benzene rings is 1. The van der Waals surface area contributed by atoms with Crippen LogP contribution in [0.3, 0.4) is 0 Å². The summed E-state index contributed by atoms with van der Waals surface area (Å²) in [6.07, 6.45) is -2.04. The molecular weight excluding hydrogens is 357 g/mol. The molecule has 1 aliphatic carbocycles. The summed E-state index contributed by atoms with van der Waals surface area (Å²) < 4.78 is 38.0. The molecule has 1 heterocycles. The maximum atomic E-state index is 12.7. The highest BCUT2D eigenvalue weighted by Gasteiger charge is 2.33. The van der Waals surface area contributed by atoms with Crippen molar-refractivity contribution in [2.45, 2.75) is 51.2 Å². The third kappa shape index (κ3) is 3.91. The molecule has 144 valence electrons. The van der Waals surface area contributed by atoms with Gasteiger partial charge in [-0.25, -0.2) is 0 Å². The minimum atomic E-state index is -4.66. The van der Waals surface area contributed by atoms with E-state index in [4.69, 9.17) is 0 Å². The van der Waals surface area contributed by atoms with Gasteiger partial charge in [0.05, 0.1) is 6.04 Å². The molecule has 2 atom stereocenters. The number of aryl methyl sites for hydroxylation is 1. The van der Waals surface area contributed by atoms with E-state index in [1.165, 1.54) is 5.56 Å². The van der Waals surface area contributed by atoms with Crippen molar-refractivity contribution in [2.75, 3.05) is 0 Å². The molecule has 1 aliphatic rings. The third-order valence-corrected chi connectivity index (χ3v) is 5.12. The first-order valence-electron chi connectivity index (χ1n) is 8.92.